The summed E-state index contributed by atoms with van der Waals surface area (Å²) in [5, 5.41) is 4.92. The Balaban J connectivity index is 1.49. The van der Waals surface area contributed by atoms with E-state index >= 15 is 0 Å². The molecule has 154 valence electrons. The van der Waals surface area contributed by atoms with Crippen molar-refractivity contribution in [1.29, 1.82) is 0 Å². The third kappa shape index (κ3) is 2.79. The largest absolute Gasteiger partial charge is 0.456 e. The van der Waals surface area contributed by atoms with Crippen LogP contribution in [0, 0.1) is 0 Å². The molecule has 6 aromatic carbocycles. The van der Waals surface area contributed by atoms with Crippen LogP contribution in [0.1, 0.15) is 0 Å². The van der Waals surface area contributed by atoms with Gasteiger partial charge in [0, 0.05) is 10.9 Å². The molecule has 1 heteroatoms. The second-order valence-electron chi connectivity index (χ2n) is 8.55. The maximum Gasteiger partial charge on any atom is 0.135 e. The minimum atomic E-state index is 0.911. The molecular formula is C32H20O. The number of hydrogen-bond acceptors (Lipinski definition) is 1. The fourth-order valence-corrected chi connectivity index (χ4v) is 5.17. The zero-order valence-electron chi connectivity index (χ0n) is 18.0. The fraction of sp³-hybridized carbons (Fsp3) is 0. The van der Waals surface area contributed by atoms with Crippen LogP contribution in [0.5, 0.6) is 11.5 Å². The Kier molecular flexibility index (Phi) is 3.91. The lowest BCUT2D eigenvalue weighted by Gasteiger charge is -2.22. The number of fused-ring (bicyclic) bond motifs is 3. The van der Waals surface area contributed by atoms with Gasteiger partial charge in [0.2, 0.25) is 0 Å². The SMILES string of the molecule is c1ccc(-c2cccc3cccc(-c4ccc5c(c4)-c4cccc6cccc(c46)O5)c23)cc1. The van der Waals surface area contributed by atoms with Crippen LogP contribution in [0.4, 0.5) is 0 Å². The molecule has 0 fully saturated rings. The lowest BCUT2D eigenvalue weighted by molar-refractivity contribution is 0.487. The highest BCUT2D eigenvalue weighted by atomic mass is 16.5. The van der Waals surface area contributed by atoms with Crippen molar-refractivity contribution in [2.75, 3.05) is 0 Å². The van der Waals surface area contributed by atoms with E-state index in [1.807, 2.05) is 0 Å². The molecule has 0 saturated carbocycles. The van der Waals surface area contributed by atoms with Crippen molar-refractivity contribution in [2.24, 2.45) is 0 Å². The summed E-state index contributed by atoms with van der Waals surface area (Å²) in [4.78, 5) is 0. The number of ether oxygens (including phenoxy) is 1. The third-order valence-corrected chi connectivity index (χ3v) is 6.66. The summed E-state index contributed by atoms with van der Waals surface area (Å²) in [5.41, 5.74) is 7.30. The Morgan fingerprint density at radius 1 is 0.364 bits per heavy atom. The summed E-state index contributed by atoms with van der Waals surface area (Å²) >= 11 is 0. The first-order valence-electron chi connectivity index (χ1n) is 11.3. The average Bonchev–Trinajstić information content (AvgIpc) is 2.89. The molecule has 7 rings (SSSR count). The summed E-state index contributed by atoms with van der Waals surface area (Å²) in [7, 11) is 0. The van der Waals surface area contributed by atoms with Crippen LogP contribution < -0.4 is 4.74 Å². The van der Waals surface area contributed by atoms with Crippen LogP contribution in [-0.2, 0) is 0 Å². The van der Waals surface area contributed by atoms with Gasteiger partial charge in [-0.25, -0.2) is 0 Å². The highest BCUT2D eigenvalue weighted by Crippen LogP contribution is 2.48. The fourth-order valence-electron chi connectivity index (χ4n) is 5.17. The van der Waals surface area contributed by atoms with E-state index in [-0.39, 0.29) is 0 Å². The molecule has 0 bridgehead atoms. The van der Waals surface area contributed by atoms with Gasteiger partial charge in [0.05, 0.1) is 0 Å². The van der Waals surface area contributed by atoms with Gasteiger partial charge in [0.1, 0.15) is 11.5 Å². The van der Waals surface area contributed by atoms with Gasteiger partial charge >= 0.3 is 0 Å². The molecule has 1 aliphatic rings. The molecule has 6 aromatic rings. The van der Waals surface area contributed by atoms with Gasteiger partial charge in [-0.05, 0) is 62.2 Å². The quantitative estimate of drug-likeness (QED) is 0.271. The zero-order valence-corrected chi connectivity index (χ0v) is 18.0. The lowest BCUT2D eigenvalue weighted by atomic mass is 9.89. The van der Waals surface area contributed by atoms with Gasteiger partial charge in [-0.1, -0.05) is 103 Å². The summed E-state index contributed by atoms with van der Waals surface area (Å²) < 4.78 is 6.32. The lowest BCUT2D eigenvalue weighted by Crippen LogP contribution is -1.97. The van der Waals surface area contributed by atoms with E-state index < -0.39 is 0 Å². The van der Waals surface area contributed by atoms with E-state index in [1.165, 1.54) is 49.4 Å². The highest BCUT2D eigenvalue weighted by Gasteiger charge is 2.20. The Bertz CT molecular complexity index is 1670. The summed E-state index contributed by atoms with van der Waals surface area (Å²) in [6.45, 7) is 0. The van der Waals surface area contributed by atoms with Gasteiger partial charge in [-0.15, -0.1) is 0 Å². The standard InChI is InChI=1S/C32H20O/c1-2-8-21(9-3-1)25-14-4-10-22-11-5-15-26(31(22)25)24-18-19-29-28(20-24)27-16-6-12-23-13-7-17-30(33-29)32(23)27/h1-20H. The smallest absolute Gasteiger partial charge is 0.135 e. The summed E-state index contributed by atoms with van der Waals surface area (Å²) in [5.74, 6) is 1.84. The van der Waals surface area contributed by atoms with Gasteiger partial charge < -0.3 is 4.74 Å². The molecule has 1 aliphatic heterocycles. The van der Waals surface area contributed by atoms with Crippen LogP contribution in [0.15, 0.2) is 121 Å². The average molecular weight is 421 g/mol. The minimum Gasteiger partial charge on any atom is -0.456 e. The van der Waals surface area contributed by atoms with Crippen LogP contribution in [-0.4, -0.2) is 0 Å². The molecule has 1 nitrogen and oxygen atoms in total. The molecule has 33 heavy (non-hydrogen) atoms. The topological polar surface area (TPSA) is 9.23 Å². The minimum absolute atomic E-state index is 0.911. The molecule has 0 radical (unpaired) electrons. The Hall–Kier alpha value is -4.36. The normalized spacial score (nSPS) is 11.9. The monoisotopic (exact) mass is 420 g/mol. The van der Waals surface area contributed by atoms with Crippen LogP contribution >= 0.6 is 0 Å². The zero-order chi connectivity index (χ0) is 21.8. The summed E-state index contributed by atoms with van der Waals surface area (Å²) in [6, 6.07) is 43.1. The van der Waals surface area contributed by atoms with Gasteiger partial charge in [-0.3, -0.25) is 0 Å². The van der Waals surface area contributed by atoms with Gasteiger partial charge in [0.15, 0.2) is 0 Å². The predicted molar refractivity (Wildman–Crippen MR) is 138 cm³/mol. The van der Waals surface area contributed by atoms with E-state index in [9.17, 15) is 0 Å². The molecule has 1 heterocycles. The number of rotatable bonds is 2. The Labute approximate surface area is 192 Å². The number of benzene rings is 6. The van der Waals surface area contributed by atoms with Crippen molar-refractivity contribution in [1.82, 2.24) is 0 Å². The second-order valence-corrected chi connectivity index (χ2v) is 8.55. The van der Waals surface area contributed by atoms with Gasteiger partial charge in [-0.2, -0.15) is 0 Å². The van der Waals surface area contributed by atoms with Crippen LogP contribution in [0.3, 0.4) is 0 Å². The second kappa shape index (κ2) is 7.08. The van der Waals surface area contributed by atoms with E-state index in [0.717, 1.165) is 17.1 Å². The van der Waals surface area contributed by atoms with Crippen molar-refractivity contribution in [3.05, 3.63) is 121 Å². The van der Waals surface area contributed by atoms with Crippen LogP contribution in [0.25, 0.3) is 54.9 Å². The Morgan fingerprint density at radius 2 is 1.00 bits per heavy atom. The maximum atomic E-state index is 6.32. The first-order valence-corrected chi connectivity index (χ1v) is 11.3. The maximum absolute atomic E-state index is 6.32. The molecule has 0 spiro atoms. The molecule has 0 aliphatic carbocycles. The first-order chi connectivity index (χ1) is 16.4. The van der Waals surface area contributed by atoms with Crippen molar-refractivity contribution < 1.29 is 4.74 Å². The van der Waals surface area contributed by atoms with E-state index in [0.29, 0.717) is 0 Å². The van der Waals surface area contributed by atoms with Crippen molar-refractivity contribution in [2.45, 2.75) is 0 Å². The van der Waals surface area contributed by atoms with Crippen molar-refractivity contribution in [3.8, 4) is 44.9 Å². The van der Waals surface area contributed by atoms with Crippen LogP contribution in [0.2, 0.25) is 0 Å². The highest BCUT2D eigenvalue weighted by molar-refractivity contribution is 6.08. The molecule has 0 unspecified atom stereocenters. The molecular weight excluding hydrogens is 400 g/mol. The van der Waals surface area contributed by atoms with E-state index in [1.54, 1.807) is 0 Å². The molecule has 0 saturated heterocycles. The molecule has 0 amide bonds. The van der Waals surface area contributed by atoms with Crippen molar-refractivity contribution in [3.63, 3.8) is 0 Å². The van der Waals surface area contributed by atoms with Crippen molar-refractivity contribution >= 4 is 21.5 Å². The predicted octanol–water partition coefficient (Wildman–Crippen LogP) is 9.10. The first kappa shape index (κ1) is 18.2. The Morgan fingerprint density at radius 3 is 1.76 bits per heavy atom. The number of hydrogen-bond donors (Lipinski definition) is 0. The van der Waals surface area contributed by atoms with Gasteiger partial charge in [0.25, 0.3) is 0 Å². The summed E-state index contributed by atoms with van der Waals surface area (Å²) in [6.07, 6.45) is 0. The third-order valence-electron chi connectivity index (χ3n) is 6.66. The molecule has 0 N–H and O–H groups in total. The molecule has 0 aromatic heterocycles. The van der Waals surface area contributed by atoms with E-state index in [2.05, 4.69) is 121 Å². The van der Waals surface area contributed by atoms with E-state index in [4.69, 9.17) is 4.74 Å². The molecule has 0 atom stereocenters.